The van der Waals surface area contributed by atoms with E-state index in [4.69, 9.17) is 4.84 Å². The van der Waals surface area contributed by atoms with Crippen molar-refractivity contribution in [2.75, 3.05) is 0 Å². The van der Waals surface area contributed by atoms with E-state index in [0.717, 1.165) is 36.8 Å². The van der Waals surface area contributed by atoms with Gasteiger partial charge in [-0.1, -0.05) is 60.8 Å². The highest BCUT2D eigenvalue weighted by Crippen LogP contribution is 2.47. The molecule has 0 spiro atoms. The number of hydrogen-bond donors (Lipinski definition) is 2. The molecule has 2 N–H and O–H groups in total. The minimum absolute atomic E-state index is 0.0235. The van der Waals surface area contributed by atoms with Crippen LogP contribution >= 0.6 is 0 Å². The average Bonchev–Trinajstić information content (AvgIpc) is 3.17. The van der Waals surface area contributed by atoms with Crippen molar-refractivity contribution in [2.45, 2.75) is 116 Å². The Morgan fingerprint density at radius 1 is 0.895 bits per heavy atom. The van der Waals surface area contributed by atoms with Gasteiger partial charge in [0, 0.05) is 23.1 Å². The smallest absolute Gasteiger partial charge is 0.297 e. The third kappa shape index (κ3) is 4.87. The molecular formula is C31H41NO6. The third-order valence-electron chi connectivity index (χ3n) is 7.88. The molecule has 1 saturated carbocycles. The van der Waals surface area contributed by atoms with Crippen LogP contribution in [0.15, 0.2) is 16.9 Å². The molecule has 2 atom stereocenters. The summed E-state index contributed by atoms with van der Waals surface area (Å²) in [5, 5.41) is 22.8. The molecule has 2 unspecified atom stereocenters. The number of Topliss-reactive ketones (excluding diaryl/α,β-unsaturated/α-hetero) is 2. The summed E-state index contributed by atoms with van der Waals surface area (Å²) in [6.45, 7) is 13.2. The zero-order valence-electron chi connectivity index (χ0n) is 23.7. The summed E-state index contributed by atoms with van der Waals surface area (Å²) in [5.74, 6) is -1.60. The van der Waals surface area contributed by atoms with Gasteiger partial charge in [-0.25, -0.2) is 0 Å². The number of ketones is 2. The minimum atomic E-state index is -0.741. The Labute approximate surface area is 224 Å². The van der Waals surface area contributed by atoms with Crippen LogP contribution in [0.2, 0.25) is 0 Å². The summed E-state index contributed by atoms with van der Waals surface area (Å²) in [5.41, 5.74) is 0.441. The van der Waals surface area contributed by atoms with Crippen LogP contribution in [0.25, 0.3) is 11.1 Å². The number of carbonyl (C=O) groups excluding carboxylic acids is 2. The molecule has 38 heavy (non-hydrogen) atoms. The van der Waals surface area contributed by atoms with Crippen molar-refractivity contribution in [2.24, 2.45) is 0 Å². The lowest BCUT2D eigenvalue weighted by Crippen LogP contribution is -2.32. The number of phenols is 1. The molecule has 0 amide bonds. The molecule has 1 aliphatic heterocycles. The van der Waals surface area contributed by atoms with Gasteiger partial charge in [0.05, 0.1) is 5.69 Å². The number of aromatic nitrogens is 1. The van der Waals surface area contributed by atoms with Crippen LogP contribution in [0.4, 0.5) is 0 Å². The second kappa shape index (κ2) is 9.90. The van der Waals surface area contributed by atoms with Crippen LogP contribution in [-0.2, 0) is 15.6 Å². The van der Waals surface area contributed by atoms with Crippen LogP contribution in [0, 0.1) is 0 Å². The first kappa shape index (κ1) is 27.9. The molecular weight excluding hydrogens is 482 g/mol. The zero-order valence-corrected chi connectivity index (χ0v) is 23.7. The van der Waals surface area contributed by atoms with Gasteiger partial charge in [-0.2, -0.15) is 0 Å². The summed E-state index contributed by atoms with van der Waals surface area (Å²) < 4.78 is 1.09. The molecule has 2 aliphatic rings. The number of fused-ring (bicyclic) bond motifs is 3. The second-order valence-electron chi connectivity index (χ2n) is 13.0. The van der Waals surface area contributed by atoms with E-state index in [-0.39, 0.29) is 22.7 Å². The van der Waals surface area contributed by atoms with Gasteiger partial charge in [0.2, 0.25) is 0 Å². The van der Waals surface area contributed by atoms with Gasteiger partial charge in [-0.05, 0) is 54.7 Å². The van der Waals surface area contributed by atoms with Gasteiger partial charge < -0.3 is 15.1 Å². The van der Waals surface area contributed by atoms with Crippen LogP contribution in [-0.4, -0.2) is 32.6 Å². The second-order valence-corrected chi connectivity index (χ2v) is 13.0. The highest BCUT2D eigenvalue weighted by molar-refractivity contribution is 6.00. The first-order valence-corrected chi connectivity index (χ1v) is 13.8. The van der Waals surface area contributed by atoms with Crippen molar-refractivity contribution >= 4 is 11.6 Å². The fraction of sp³-hybridized carbons (Fsp3) is 0.581. The Morgan fingerprint density at radius 2 is 1.45 bits per heavy atom. The molecule has 1 aromatic carbocycles. The van der Waals surface area contributed by atoms with Crippen LogP contribution in [0.1, 0.15) is 127 Å². The van der Waals surface area contributed by atoms with Crippen molar-refractivity contribution < 1.29 is 24.6 Å². The normalized spacial score (nSPS) is 20.4. The maximum absolute atomic E-state index is 13.6. The summed E-state index contributed by atoms with van der Waals surface area (Å²) >= 11 is 0. The molecule has 1 aliphatic carbocycles. The topological polar surface area (TPSA) is 106 Å². The number of aromatic hydroxyl groups is 2. The van der Waals surface area contributed by atoms with E-state index in [0.29, 0.717) is 35.2 Å². The standard InChI is InChI=1S/C31H41NO6/c1-17(33)23-28(36)24(18-15-19(30(2,3)4)27(35)20(16-18)31(5,6)7)26-25-21(34)13-11-9-8-10-12-14-22(25)38-32(26)29(23)37/h15-16,22,25,35-36H,8-14H2,1-7H3. The van der Waals surface area contributed by atoms with Gasteiger partial charge in [0.25, 0.3) is 5.56 Å². The molecule has 7 nitrogen and oxygen atoms in total. The largest absolute Gasteiger partial charge is 0.507 e. The molecule has 206 valence electrons. The summed E-state index contributed by atoms with van der Waals surface area (Å²) in [6, 6.07) is 3.60. The third-order valence-corrected chi connectivity index (χ3v) is 7.88. The number of hydrogen-bond acceptors (Lipinski definition) is 6. The summed E-state index contributed by atoms with van der Waals surface area (Å²) in [6.07, 6.45) is 5.09. The van der Waals surface area contributed by atoms with Crippen molar-refractivity contribution in [3.05, 3.63) is 44.9 Å². The monoisotopic (exact) mass is 523 g/mol. The Kier molecular flexibility index (Phi) is 7.28. The van der Waals surface area contributed by atoms with Crippen LogP contribution < -0.4 is 10.4 Å². The van der Waals surface area contributed by atoms with Crippen LogP contribution in [0.5, 0.6) is 11.5 Å². The van der Waals surface area contributed by atoms with Crippen molar-refractivity contribution in [3.8, 4) is 22.6 Å². The molecule has 2 aromatic rings. The van der Waals surface area contributed by atoms with E-state index in [1.54, 1.807) is 12.1 Å². The molecule has 7 heteroatoms. The van der Waals surface area contributed by atoms with Gasteiger partial charge >= 0.3 is 0 Å². The van der Waals surface area contributed by atoms with E-state index in [1.807, 2.05) is 41.5 Å². The first-order valence-electron chi connectivity index (χ1n) is 13.8. The maximum Gasteiger partial charge on any atom is 0.297 e. The molecule has 2 heterocycles. The van der Waals surface area contributed by atoms with Gasteiger partial charge in [0.15, 0.2) is 5.78 Å². The number of nitrogens with zero attached hydrogens (tertiary/aromatic N) is 1. The maximum atomic E-state index is 13.6. The predicted molar refractivity (Wildman–Crippen MR) is 147 cm³/mol. The molecule has 0 radical (unpaired) electrons. The SMILES string of the molecule is CC(=O)c1c(O)c(-c2cc(C(C)(C)C)c(O)c(C(C)(C)C)c2)c2n(c1=O)OC1CCCCCCCC(=O)C21. The molecule has 0 bridgehead atoms. The number of benzene rings is 1. The highest BCUT2D eigenvalue weighted by atomic mass is 16.7. The Morgan fingerprint density at radius 3 is 2.00 bits per heavy atom. The number of rotatable bonds is 2. The van der Waals surface area contributed by atoms with Gasteiger partial charge in [-0.15, -0.1) is 4.73 Å². The molecule has 1 aromatic heterocycles. The van der Waals surface area contributed by atoms with E-state index in [2.05, 4.69) is 0 Å². The lowest BCUT2D eigenvalue weighted by atomic mass is 9.76. The number of carbonyl (C=O) groups is 2. The minimum Gasteiger partial charge on any atom is -0.507 e. The van der Waals surface area contributed by atoms with E-state index >= 15 is 0 Å². The molecule has 0 saturated heterocycles. The highest BCUT2D eigenvalue weighted by Gasteiger charge is 2.45. The summed E-state index contributed by atoms with van der Waals surface area (Å²) in [7, 11) is 0. The quantitative estimate of drug-likeness (QED) is 0.473. The lowest BCUT2D eigenvalue weighted by Gasteiger charge is -2.29. The van der Waals surface area contributed by atoms with Crippen molar-refractivity contribution in [1.29, 1.82) is 0 Å². The zero-order chi connectivity index (χ0) is 28.2. The van der Waals surface area contributed by atoms with Crippen molar-refractivity contribution in [3.63, 3.8) is 0 Å². The fourth-order valence-electron chi connectivity index (χ4n) is 5.85. The van der Waals surface area contributed by atoms with Crippen molar-refractivity contribution in [1.82, 2.24) is 4.73 Å². The first-order chi connectivity index (χ1) is 17.6. The molecule has 1 fully saturated rings. The number of pyridine rings is 1. The number of phenolic OH excluding ortho intramolecular Hbond substituents is 1. The van der Waals surface area contributed by atoms with E-state index in [1.165, 1.54) is 6.92 Å². The lowest BCUT2D eigenvalue weighted by molar-refractivity contribution is -0.122. The average molecular weight is 524 g/mol. The fourth-order valence-corrected chi connectivity index (χ4v) is 5.85. The van der Waals surface area contributed by atoms with E-state index in [9.17, 15) is 24.6 Å². The Bertz CT molecular complexity index is 1300. The van der Waals surface area contributed by atoms with Crippen LogP contribution in [0.3, 0.4) is 0 Å². The van der Waals surface area contributed by atoms with Gasteiger partial charge in [0.1, 0.15) is 34.9 Å². The molecule has 4 rings (SSSR count). The summed E-state index contributed by atoms with van der Waals surface area (Å²) in [4.78, 5) is 45.9. The van der Waals surface area contributed by atoms with E-state index < -0.39 is 39.9 Å². The predicted octanol–water partition coefficient (Wildman–Crippen LogP) is 5.93. The Balaban J connectivity index is 2.11. The van der Waals surface area contributed by atoms with Gasteiger partial charge in [-0.3, -0.25) is 14.4 Å². The Hall–Kier alpha value is -3.09.